The zero-order chi connectivity index (χ0) is 9.59. The Labute approximate surface area is 112 Å². The lowest BCUT2D eigenvalue weighted by atomic mass is 10.3. The van der Waals surface area contributed by atoms with Gasteiger partial charge in [-0.1, -0.05) is 0 Å². The zero-order valence-corrected chi connectivity index (χ0v) is 13.1. The lowest BCUT2D eigenvalue weighted by Crippen LogP contribution is -1.79. The van der Waals surface area contributed by atoms with Crippen molar-refractivity contribution in [3.05, 3.63) is 23.4 Å². The van der Waals surface area contributed by atoms with Crippen molar-refractivity contribution in [2.24, 2.45) is 0 Å². The van der Waals surface area contributed by atoms with Crippen LogP contribution in [0.25, 0.3) is 10.2 Å². The van der Waals surface area contributed by atoms with Crippen molar-refractivity contribution in [2.75, 3.05) is 0 Å². The van der Waals surface area contributed by atoms with Gasteiger partial charge in [-0.05, 0) is 63.7 Å². The Balaban J connectivity index is 3.02. The largest absolute Gasteiger partial charge is 0.243 e. The average molecular weight is 451 g/mol. The molecule has 0 saturated carbocycles. The van der Waals surface area contributed by atoms with Gasteiger partial charge < -0.3 is 0 Å². The van der Waals surface area contributed by atoms with Crippen LogP contribution in [0.15, 0.2) is 23.4 Å². The molecule has 0 aliphatic heterocycles. The van der Waals surface area contributed by atoms with Crippen molar-refractivity contribution in [3.8, 4) is 0 Å². The summed E-state index contributed by atoms with van der Waals surface area (Å²) in [5.41, 5.74) is 2.81. The van der Waals surface area contributed by atoms with Crippen molar-refractivity contribution in [3.63, 3.8) is 0 Å². The van der Waals surface area contributed by atoms with E-state index in [4.69, 9.17) is 0 Å². The molecule has 0 fully saturated rings. The summed E-state index contributed by atoms with van der Waals surface area (Å²) >= 11 is 15.6. The second kappa shape index (κ2) is 3.89. The van der Waals surface area contributed by atoms with E-state index in [1.54, 1.807) is 11.3 Å². The molecule has 0 spiro atoms. The van der Waals surface area contributed by atoms with E-state index in [1.807, 2.05) is 5.51 Å². The maximum Gasteiger partial charge on any atom is 0.0977 e. The molecule has 68 valence electrons. The molecule has 1 nitrogen and oxygen atoms in total. The van der Waals surface area contributed by atoms with Gasteiger partial charge in [0.05, 0.1) is 24.7 Å². The number of nitrogens with zero attached hydrogens (tertiary/aromatic N) is 1. The monoisotopic (exact) mass is 447 g/mol. The minimum absolute atomic E-state index is 0.979. The third-order valence-corrected chi connectivity index (χ3v) is 7.41. The fourth-order valence-corrected chi connectivity index (χ4v) is 4.43. The minimum Gasteiger partial charge on any atom is -0.243 e. The Hall–Kier alpha value is 1.03. The highest BCUT2D eigenvalue weighted by Crippen LogP contribution is 2.44. The second-order valence-electron chi connectivity index (χ2n) is 2.29. The van der Waals surface area contributed by atoms with E-state index >= 15 is 0 Å². The molecule has 0 aliphatic rings. The van der Waals surface area contributed by atoms with Crippen LogP contribution in [-0.2, 0) is 0 Å². The van der Waals surface area contributed by atoms with E-state index in [2.05, 4.69) is 68.7 Å². The van der Waals surface area contributed by atoms with Gasteiger partial charge in [0.25, 0.3) is 0 Å². The number of rotatable bonds is 0. The predicted molar refractivity (Wildman–Crippen MR) is 70.4 cm³/mol. The predicted octanol–water partition coefficient (Wildman–Crippen LogP) is 5.35. The quantitative estimate of drug-likeness (QED) is 0.390. The molecule has 1 aromatic carbocycles. The molecule has 1 heterocycles. The first-order chi connectivity index (χ1) is 6.13. The highest BCUT2D eigenvalue weighted by molar-refractivity contribution is 9.15. The van der Waals surface area contributed by atoms with Crippen LogP contribution >= 0.6 is 75.1 Å². The van der Waals surface area contributed by atoms with Gasteiger partial charge in [-0.2, -0.15) is 0 Å². The smallest absolute Gasteiger partial charge is 0.0977 e. The van der Waals surface area contributed by atoms with Gasteiger partial charge in [-0.25, -0.2) is 4.98 Å². The number of aromatic nitrogens is 1. The molecule has 0 saturated heterocycles. The van der Waals surface area contributed by atoms with Crippen molar-refractivity contribution >= 4 is 85.3 Å². The molecule has 0 N–H and O–H groups in total. The average Bonchev–Trinajstić information content (AvgIpc) is 2.59. The second-order valence-corrected chi connectivity index (χ2v) is 6.31. The van der Waals surface area contributed by atoms with Crippen LogP contribution in [0.2, 0.25) is 0 Å². The summed E-state index contributed by atoms with van der Waals surface area (Å²) < 4.78 is 5.16. The van der Waals surface area contributed by atoms with Crippen molar-refractivity contribution < 1.29 is 0 Å². The third-order valence-electron chi connectivity index (χ3n) is 1.55. The standard InChI is InChI=1S/C7HBr4NS/c8-2-3(9)5(11)7-6(4(2)10)12-1-13-7/h1H. The Bertz CT molecular complexity index is 437. The van der Waals surface area contributed by atoms with E-state index in [-0.39, 0.29) is 0 Å². The SMILES string of the molecule is Brc1c(Br)c(Br)c2scnc2c1Br. The lowest BCUT2D eigenvalue weighted by Gasteiger charge is -2.03. The first-order valence-corrected chi connectivity index (χ1v) is 7.23. The van der Waals surface area contributed by atoms with E-state index < -0.39 is 0 Å². The first-order valence-electron chi connectivity index (χ1n) is 3.18. The fraction of sp³-hybridized carbons (Fsp3) is 0. The number of fused-ring (bicyclic) bond motifs is 1. The van der Waals surface area contributed by atoms with Crippen LogP contribution in [0, 0.1) is 0 Å². The summed E-state index contributed by atoms with van der Waals surface area (Å²) in [6.45, 7) is 0. The van der Waals surface area contributed by atoms with Crippen molar-refractivity contribution in [1.29, 1.82) is 0 Å². The van der Waals surface area contributed by atoms with Gasteiger partial charge >= 0.3 is 0 Å². The zero-order valence-electron chi connectivity index (χ0n) is 5.94. The molecule has 0 aliphatic carbocycles. The molecule has 13 heavy (non-hydrogen) atoms. The first kappa shape index (κ1) is 10.5. The van der Waals surface area contributed by atoms with Gasteiger partial charge in [-0.3, -0.25) is 0 Å². The topological polar surface area (TPSA) is 12.9 Å². The molecule has 0 amide bonds. The minimum atomic E-state index is 0.979. The molecular formula is C7HBr4NS. The highest BCUT2D eigenvalue weighted by Gasteiger charge is 2.14. The maximum atomic E-state index is 4.27. The summed E-state index contributed by atoms with van der Waals surface area (Å²) in [7, 11) is 0. The van der Waals surface area contributed by atoms with Crippen LogP contribution in [0.1, 0.15) is 0 Å². The number of halogens is 4. The number of thiazole rings is 1. The van der Waals surface area contributed by atoms with E-state index in [1.165, 1.54) is 0 Å². The van der Waals surface area contributed by atoms with Crippen LogP contribution in [0.3, 0.4) is 0 Å². The molecule has 2 aromatic rings. The summed E-state index contributed by atoms with van der Waals surface area (Å²) in [4.78, 5) is 4.27. The maximum absolute atomic E-state index is 4.27. The highest BCUT2D eigenvalue weighted by atomic mass is 79.9. The Morgan fingerprint density at radius 3 is 2.23 bits per heavy atom. The van der Waals surface area contributed by atoms with E-state index in [0.717, 1.165) is 28.1 Å². The third kappa shape index (κ3) is 1.65. The molecular weight excluding hydrogens is 450 g/mol. The molecule has 1 aromatic heterocycles. The summed E-state index contributed by atoms with van der Waals surface area (Å²) in [6.07, 6.45) is 0. The van der Waals surface area contributed by atoms with Crippen molar-refractivity contribution in [1.82, 2.24) is 4.98 Å². The van der Waals surface area contributed by atoms with Crippen LogP contribution in [0.5, 0.6) is 0 Å². The Morgan fingerprint density at radius 1 is 0.923 bits per heavy atom. The summed E-state index contributed by atoms with van der Waals surface area (Å²) in [5, 5.41) is 0. The van der Waals surface area contributed by atoms with Crippen LogP contribution < -0.4 is 0 Å². The number of hydrogen-bond donors (Lipinski definition) is 0. The molecule has 2 rings (SSSR count). The Morgan fingerprint density at radius 2 is 1.54 bits per heavy atom. The Kier molecular flexibility index (Phi) is 3.15. The molecule has 0 radical (unpaired) electrons. The number of benzene rings is 1. The molecule has 6 heteroatoms. The van der Waals surface area contributed by atoms with Gasteiger partial charge in [-0.15, -0.1) is 11.3 Å². The van der Waals surface area contributed by atoms with E-state index in [9.17, 15) is 0 Å². The summed E-state index contributed by atoms with van der Waals surface area (Å²) in [5.74, 6) is 0. The molecule has 0 unspecified atom stereocenters. The lowest BCUT2D eigenvalue weighted by molar-refractivity contribution is 1.45. The molecule has 0 bridgehead atoms. The fourth-order valence-electron chi connectivity index (χ4n) is 0.955. The molecule has 0 atom stereocenters. The van der Waals surface area contributed by atoms with Gasteiger partial charge in [0, 0.05) is 8.95 Å². The normalized spacial score (nSPS) is 11.1. The van der Waals surface area contributed by atoms with Crippen LogP contribution in [-0.4, -0.2) is 4.98 Å². The van der Waals surface area contributed by atoms with Gasteiger partial charge in [0.15, 0.2) is 0 Å². The van der Waals surface area contributed by atoms with Crippen LogP contribution in [0.4, 0.5) is 0 Å². The van der Waals surface area contributed by atoms with Gasteiger partial charge in [0.2, 0.25) is 0 Å². The van der Waals surface area contributed by atoms with E-state index in [0.29, 0.717) is 0 Å². The van der Waals surface area contributed by atoms with Gasteiger partial charge in [0.1, 0.15) is 0 Å². The number of hydrogen-bond acceptors (Lipinski definition) is 2. The summed E-state index contributed by atoms with van der Waals surface area (Å²) in [6, 6.07) is 0. The van der Waals surface area contributed by atoms with Crippen molar-refractivity contribution in [2.45, 2.75) is 0 Å².